The maximum absolute atomic E-state index is 5.07. The van der Waals surface area contributed by atoms with Crippen molar-refractivity contribution in [2.24, 2.45) is 0 Å². The van der Waals surface area contributed by atoms with E-state index < -0.39 is 0 Å². The molecule has 0 fully saturated rings. The van der Waals surface area contributed by atoms with Gasteiger partial charge in [0, 0.05) is 11.1 Å². The van der Waals surface area contributed by atoms with E-state index in [4.69, 9.17) is 19.9 Å². The second-order valence-corrected chi connectivity index (χ2v) is 10.8. The molecule has 0 saturated carbocycles. The van der Waals surface area contributed by atoms with Crippen LogP contribution in [0.3, 0.4) is 0 Å². The molecule has 0 spiro atoms. The Hall–Kier alpha value is -5.26. The molecule has 7 aromatic rings. The van der Waals surface area contributed by atoms with E-state index in [0.717, 1.165) is 56.2 Å². The summed E-state index contributed by atoms with van der Waals surface area (Å²) in [7, 11) is 0. The lowest BCUT2D eigenvalue weighted by Gasteiger charge is -2.12. The largest absolute Gasteiger partial charge is 0.246 e. The van der Waals surface area contributed by atoms with Gasteiger partial charge in [0.1, 0.15) is 0 Å². The highest BCUT2D eigenvalue weighted by molar-refractivity contribution is 9.10. The summed E-state index contributed by atoms with van der Waals surface area (Å²) >= 11 is 3.58. The number of pyridine rings is 2. The Morgan fingerprint density at radius 2 is 0.581 bits per heavy atom. The van der Waals surface area contributed by atoms with Gasteiger partial charge >= 0.3 is 0 Å². The number of hydrogen-bond donors (Lipinski definition) is 0. The summed E-state index contributed by atoms with van der Waals surface area (Å²) in [6, 6.07) is 51.5. The summed E-state index contributed by atoms with van der Waals surface area (Å²) in [4.78, 5) is 19.7. The minimum atomic E-state index is 0.473. The van der Waals surface area contributed by atoms with E-state index in [9.17, 15) is 0 Å². The first kappa shape index (κ1) is 26.6. The predicted molar refractivity (Wildman–Crippen MR) is 178 cm³/mol. The van der Waals surface area contributed by atoms with Gasteiger partial charge in [0.05, 0.1) is 34.2 Å². The standard InChI is InChI=1S/C38H25BrN4/c39-38-42-36(34-23-30(26-13-5-1-6-14-26)21-32(40-34)28-17-9-3-10-18-28)25-37(43-38)35-24-31(27-15-7-2-8-16-27)22-33(41-35)29-19-11-4-12-20-29/h1-25H. The molecule has 5 heteroatoms. The van der Waals surface area contributed by atoms with E-state index in [-0.39, 0.29) is 0 Å². The van der Waals surface area contributed by atoms with Gasteiger partial charge < -0.3 is 0 Å². The van der Waals surface area contributed by atoms with Crippen molar-refractivity contribution < 1.29 is 0 Å². The van der Waals surface area contributed by atoms with Crippen molar-refractivity contribution in [1.82, 2.24) is 19.9 Å². The molecule has 0 aliphatic rings. The molecule has 0 bridgehead atoms. The van der Waals surface area contributed by atoms with Crippen LogP contribution in [0.15, 0.2) is 156 Å². The number of halogens is 1. The topological polar surface area (TPSA) is 51.6 Å². The molecule has 4 aromatic carbocycles. The molecule has 0 unspecified atom stereocenters. The Bertz CT molecular complexity index is 1750. The van der Waals surface area contributed by atoms with Crippen LogP contribution in [0.2, 0.25) is 0 Å². The normalized spacial score (nSPS) is 10.9. The smallest absolute Gasteiger partial charge is 0.197 e. The first-order valence-corrected chi connectivity index (χ1v) is 14.8. The van der Waals surface area contributed by atoms with Crippen LogP contribution in [0.1, 0.15) is 0 Å². The monoisotopic (exact) mass is 616 g/mol. The molecule has 0 amide bonds. The summed E-state index contributed by atoms with van der Waals surface area (Å²) in [6.07, 6.45) is 0. The second-order valence-electron chi connectivity index (χ2n) is 10.1. The lowest BCUT2D eigenvalue weighted by atomic mass is 10.0. The first-order valence-electron chi connectivity index (χ1n) is 14.0. The van der Waals surface area contributed by atoms with Gasteiger partial charge in [-0.15, -0.1) is 0 Å². The van der Waals surface area contributed by atoms with Gasteiger partial charge in [-0.2, -0.15) is 0 Å². The van der Waals surface area contributed by atoms with Gasteiger partial charge in [-0.1, -0.05) is 121 Å². The third kappa shape index (κ3) is 5.89. The van der Waals surface area contributed by atoms with Crippen molar-refractivity contribution in [3.8, 4) is 67.5 Å². The minimum absolute atomic E-state index is 0.473. The van der Waals surface area contributed by atoms with E-state index in [2.05, 4.69) is 88.7 Å². The number of aromatic nitrogens is 4. The lowest BCUT2D eigenvalue weighted by molar-refractivity contribution is 1.10. The van der Waals surface area contributed by atoms with E-state index in [1.165, 1.54) is 0 Å². The lowest BCUT2D eigenvalue weighted by Crippen LogP contribution is -1.98. The summed E-state index contributed by atoms with van der Waals surface area (Å²) < 4.78 is 0.473. The summed E-state index contributed by atoms with van der Waals surface area (Å²) in [5, 5.41) is 0. The zero-order chi connectivity index (χ0) is 29.0. The average molecular weight is 618 g/mol. The van der Waals surface area contributed by atoms with E-state index in [1.807, 2.05) is 78.9 Å². The number of hydrogen-bond acceptors (Lipinski definition) is 4. The average Bonchev–Trinajstić information content (AvgIpc) is 3.09. The van der Waals surface area contributed by atoms with Crippen molar-refractivity contribution >= 4 is 15.9 Å². The van der Waals surface area contributed by atoms with Crippen molar-refractivity contribution in [3.63, 3.8) is 0 Å². The maximum Gasteiger partial charge on any atom is 0.197 e. The molecule has 43 heavy (non-hydrogen) atoms. The molecule has 0 N–H and O–H groups in total. The van der Waals surface area contributed by atoms with Crippen LogP contribution in [0.4, 0.5) is 0 Å². The minimum Gasteiger partial charge on any atom is -0.246 e. The molecule has 3 heterocycles. The van der Waals surface area contributed by atoms with Crippen molar-refractivity contribution in [2.75, 3.05) is 0 Å². The van der Waals surface area contributed by atoms with Gasteiger partial charge in [-0.3, -0.25) is 0 Å². The third-order valence-corrected chi connectivity index (χ3v) is 7.58. The highest BCUT2D eigenvalue weighted by Gasteiger charge is 2.15. The quantitative estimate of drug-likeness (QED) is 0.174. The summed E-state index contributed by atoms with van der Waals surface area (Å²) in [6.45, 7) is 0. The number of benzene rings is 4. The fraction of sp³-hybridized carbons (Fsp3) is 0. The third-order valence-electron chi connectivity index (χ3n) is 7.23. The van der Waals surface area contributed by atoms with Crippen molar-refractivity contribution in [2.45, 2.75) is 0 Å². The van der Waals surface area contributed by atoms with Crippen LogP contribution in [-0.4, -0.2) is 19.9 Å². The molecule has 3 aromatic heterocycles. The Kier molecular flexibility index (Phi) is 7.38. The molecular formula is C38H25BrN4. The van der Waals surface area contributed by atoms with Crippen molar-refractivity contribution in [3.05, 3.63) is 156 Å². The highest BCUT2D eigenvalue weighted by Crippen LogP contribution is 2.33. The molecule has 0 radical (unpaired) electrons. The predicted octanol–water partition coefficient (Wildman–Crippen LogP) is 10.0. The highest BCUT2D eigenvalue weighted by atomic mass is 79.9. The molecule has 0 atom stereocenters. The van der Waals surface area contributed by atoms with Gasteiger partial charge in [0.2, 0.25) is 0 Å². The SMILES string of the molecule is Brc1nc(-c2cc(-c3ccccc3)cc(-c3ccccc3)n2)cc(-c2cc(-c3ccccc3)cc(-c3ccccc3)n2)n1. The molecule has 0 aliphatic heterocycles. The van der Waals surface area contributed by atoms with Crippen LogP contribution in [0.25, 0.3) is 67.5 Å². The zero-order valence-electron chi connectivity index (χ0n) is 23.1. The van der Waals surface area contributed by atoms with Crippen molar-refractivity contribution in [1.29, 1.82) is 0 Å². The summed E-state index contributed by atoms with van der Waals surface area (Å²) in [5.74, 6) is 0. The van der Waals surface area contributed by atoms with Crippen LogP contribution in [0, 0.1) is 0 Å². The van der Waals surface area contributed by atoms with Gasteiger partial charge in [0.25, 0.3) is 0 Å². The Morgan fingerprint density at radius 1 is 0.279 bits per heavy atom. The van der Waals surface area contributed by atoms with Crippen LogP contribution >= 0.6 is 15.9 Å². The molecule has 204 valence electrons. The molecule has 0 aliphatic carbocycles. The fourth-order valence-electron chi connectivity index (χ4n) is 5.11. The van der Waals surface area contributed by atoms with Crippen LogP contribution < -0.4 is 0 Å². The maximum atomic E-state index is 5.07. The zero-order valence-corrected chi connectivity index (χ0v) is 24.7. The Morgan fingerprint density at radius 3 is 0.953 bits per heavy atom. The summed E-state index contributed by atoms with van der Waals surface area (Å²) in [5.41, 5.74) is 11.1. The fourth-order valence-corrected chi connectivity index (χ4v) is 5.49. The van der Waals surface area contributed by atoms with Gasteiger partial charge in [0.15, 0.2) is 4.73 Å². The number of rotatable bonds is 6. The molecule has 0 saturated heterocycles. The second kappa shape index (κ2) is 11.9. The number of nitrogens with zero attached hydrogens (tertiary/aromatic N) is 4. The van der Waals surface area contributed by atoms with Crippen LogP contribution in [0.5, 0.6) is 0 Å². The van der Waals surface area contributed by atoms with Gasteiger partial charge in [-0.05, 0) is 68.5 Å². The van der Waals surface area contributed by atoms with E-state index >= 15 is 0 Å². The molecular weight excluding hydrogens is 592 g/mol. The molecule has 4 nitrogen and oxygen atoms in total. The van der Waals surface area contributed by atoms with Crippen LogP contribution in [-0.2, 0) is 0 Å². The Labute approximate surface area is 259 Å². The van der Waals surface area contributed by atoms with E-state index in [1.54, 1.807) is 0 Å². The van der Waals surface area contributed by atoms with E-state index in [0.29, 0.717) is 16.1 Å². The molecule has 7 rings (SSSR count). The van der Waals surface area contributed by atoms with Gasteiger partial charge in [-0.25, -0.2) is 19.9 Å². The Balaban J connectivity index is 1.40. The first-order chi connectivity index (χ1) is 21.2.